The van der Waals surface area contributed by atoms with Gasteiger partial charge in [-0.2, -0.15) is 0 Å². The van der Waals surface area contributed by atoms with Crippen molar-refractivity contribution in [2.24, 2.45) is 0 Å². The smallest absolute Gasteiger partial charge is 0.410 e. The second-order valence-corrected chi connectivity index (χ2v) is 5.73. The van der Waals surface area contributed by atoms with Gasteiger partial charge in [0.2, 0.25) is 0 Å². The number of benzene rings is 1. The summed E-state index contributed by atoms with van der Waals surface area (Å²) < 4.78 is 5.49. The zero-order valence-electron chi connectivity index (χ0n) is 11.3. The Kier molecular flexibility index (Phi) is 3.45. The minimum Gasteiger partial charge on any atom is -0.445 e. The molecule has 1 saturated heterocycles. The number of ether oxygens (including phenoxy) is 1. The topological polar surface area (TPSA) is 29.5 Å². The predicted octanol–water partition coefficient (Wildman–Crippen LogP) is 3.73. The van der Waals surface area contributed by atoms with E-state index >= 15 is 0 Å². The Labute approximate surface area is 114 Å². The Balaban J connectivity index is 1.61. The predicted molar refractivity (Wildman–Crippen MR) is 73.8 cm³/mol. The van der Waals surface area contributed by atoms with E-state index in [1.54, 1.807) is 0 Å². The molecule has 0 aromatic heterocycles. The van der Waals surface area contributed by atoms with Crippen LogP contribution in [-0.4, -0.2) is 23.1 Å². The third-order valence-corrected chi connectivity index (χ3v) is 4.56. The van der Waals surface area contributed by atoms with E-state index in [2.05, 4.69) is 0 Å². The van der Waals surface area contributed by atoms with E-state index in [1.165, 1.54) is 12.8 Å². The summed E-state index contributed by atoms with van der Waals surface area (Å²) in [5, 5.41) is 0. The number of amides is 1. The number of hydrogen-bond acceptors (Lipinski definition) is 2. The summed E-state index contributed by atoms with van der Waals surface area (Å²) in [5.41, 5.74) is 1.18. The molecule has 1 aliphatic carbocycles. The van der Waals surface area contributed by atoms with Crippen molar-refractivity contribution in [1.82, 2.24) is 4.90 Å². The van der Waals surface area contributed by atoms with Crippen LogP contribution < -0.4 is 0 Å². The molecule has 1 aromatic carbocycles. The number of hydrogen-bond donors (Lipinski definition) is 0. The fourth-order valence-electron chi connectivity index (χ4n) is 3.57. The summed E-state index contributed by atoms with van der Waals surface area (Å²) in [6, 6.07) is 9.89. The van der Waals surface area contributed by atoms with Crippen molar-refractivity contribution in [3.8, 4) is 0 Å². The summed E-state index contributed by atoms with van der Waals surface area (Å²) in [6.07, 6.45) is 6.99. The molecular formula is C16H21NO2. The van der Waals surface area contributed by atoms with Crippen LogP contribution in [-0.2, 0) is 11.3 Å². The minimum absolute atomic E-state index is 0.122. The third kappa shape index (κ3) is 2.46. The molecule has 2 fully saturated rings. The molecule has 0 unspecified atom stereocenters. The minimum atomic E-state index is -0.122. The Morgan fingerprint density at radius 2 is 1.79 bits per heavy atom. The highest BCUT2D eigenvalue weighted by atomic mass is 16.6. The first-order valence-corrected chi connectivity index (χ1v) is 7.29. The molecule has 1 aliphatic heterocycles. The second kappa shape index (κ2) is 5.24. The molecule has 3 rings (SSSR count). The van der Waals surface area contributed by atoms with Crippen LogP contribution >= 0.6 is 0 Å². The van der Waals surface area contributed by atoms with E-state index in [0.717, 1.165) is 37.8 Å². The van der Waals surface area contributed by atoms with Crippen LogP contribution in [0.1, 0.15) is 44.1 Å². The van der Waals surface area contributed by atoms with Gasteiger partial charge in [0.05, 0.1) is 0 Å². The van der Waals surface area contributed by atoms with Gasteiger partial charge >= 0.3 is 6.09 Å². The molecule has 1 saturated carbocycles. The summed E-state index contributed by atoms with van der Waals surface area (Å²) in [7, 11) is 0. The van der Waals surface area contributed by atoms with E-state index in [0.29, 0.717) is 6.61 Å². The van der Waals surface area contributed by atoms with Gasteiger partial charge in [-0.15, -0.1) is 0 Å². The van der Waals surface area contributed by atoms with Crippen molar-refractivity contribution in [1.29, 1.82) is 0 Å². The van der Waals surface area contributed by atoms with E-state index in [-0.39, 0.29) is 11.6 Å². The normalized spacial score (nSPS) is 20.9. The molecule has 3 nitrogen and oxygen atoms in total. The van der Waals surface area contributed by atoms with Crippen LogP contribution in [0.4, 0.5) is 4.79 Å². The molecule has 0 atom stereocenters. The standard InChI is InChI=1S/C16H21NO2/c18-15(19-13-14-7-2-1-3-8-14)17-12-6-11-16(17)9-4-5-10-16/h1-3,7-8H,4-6,9-13H2. The maximum Gasteiger partial charge on any atom is 0.410 e. The molecule has 0 radical (unpaired) electrons. The molecule has 102 valence electrons. The first kappa shape index (κ1) is 12.5. The van der Waals surface area contributed by atoms with Crippen molar-refractivity contribution >= 4 is 6.09 Å². The number of likely N-dealkylation sites (tertiary alicyclic amines) is 1. The lowest BCUT2D eigenvalue weighted by atomic mass is 9.95. The van der Waals surface area contributed by atoms with Gasteiger partial charge in [-0.3, -0.25) is 0 Å². The van der Waals surface area contributed by atoms with Crippen LogP contribution in [0.15, 0.2) is 30.3 Å². The molecule has 2 aliphatic rings. The van der Waals surface area contributed by atoms with Crippen LogP contribution in [0.3, 0.4) is 0 Å². The maximum atomic E-state index is 12.3. The number of carbonyl (C=O) groups is 1. The Morgan fingerprint density at radius 3 is 2.53 bits per heavy atom. The average Bonchev–Trinajstić information content (AvgIpc) is 3.08. The van der Waals surface area contributed by atoms with E-state index in [1.807, 2.05) is 35.2 Å². The van der Waals surface area contributed by atoms with Crippen molar-refractivity contribution in [3.63, 3.8) is 0 Å². The van der Waals surface area contributed by atoms with Crippen molar-refractivity contribution < 1.29 is 9.53 Å². The first-order valence-electron chi connectivity index (χ1n) is 7.29. The molecule has 1 amide bonds. The maximum absolute atomic E-state index is 12.3. The van der Waals surface area contributed by atoms with Crippen molar-refractivity contribution in [2.45, 2.75) is 50.7 Å². The van der Waals surface area contributed by atoms with Gasteiger partial charge in [0.1, 0.15) is 6.61 Å². The van der Waals surface area contributed by atoms with E-state index in [9.17, 15) is 4.79 Å². The highest BCUT2D eigenvalue weighted by molar-refractivity contribution is 5.69. The number of rotatable bonds is 2. The van der Waals surface area contributed by atoms with Crippen molar-refractivity contribution in [3.05, 3.63) is 35.9 Å². The van der Waals surface area contributed by atoms with Gasteiger partial charge in [-0.25, -0.2) is 4.79 Å². The van der Waals surface area contributed by atoms with Gasteiger partial charge < -0.3 is 9.64 Å². The zero-order chi connectivity index (χ0) is 13.1. The molecule has 1 spiro atoms. The molecule has 1 heterocycles. The van der Waals surface area contributed by atoms with Gasteiger partial charge in [-0.1, -0.05) is 43.2 Å². The Bertz CT molecular complexity index is 432. The largest absolute Gasteiger partial charge is 0.445 e. The van der Waals surface area contributed by atoms with Gasteiger partial charge in [0.25, 0.3) is 0 Å². The molecule has 0 N–H and O–H groups in total. The summed E-state index contributed by atoms with van der Waals surface area (Å²) in [4.78, 5) is 14.3. The lowest BCUT2D eigenvalue weighted by Crippen LogP contribution is -2.45. The molecule has 0 bridgehead atoms. The molecule has 3 heteroatoms. The summed E-state index contributed by atoms with van der Waals surface area (Å²) >= 11 is 0. The molecule has 19 heavy (non-hydrogen) atoms. The summed E-state index contributed by atoms with van der Waals surface area (Å²) in [5.74, 6) is 0. The molecule has 1 aromatic rings. The number of nitrogens with zero attached hydrogens (tertiary/aromatic N) is 1. The summed E-state index contributed by atoms with van der Waals surface area (Å²) in [6.45, 7) is 1.25. The van der Waals surface area contributed by atoms with Crippen LogP contribution in [0.25, 0.3) is 0 Å². The van der Waals surface area contributed by atoms with Crippen molar-refractivity contribution in [2.75, 3.05) is 6.54 Å². The van der Waals surface area contributed by atoms with Crippen LogP contribution in [0.2, 0.25) is 0 Å². The second-order valence-electron chi connectivity index (χ2n) is 5.73. The van der Waals surface area contributed by atoms with E-state index in [4.69, 9.17) is 4.74 Å². The Hall–Kier alpha value is -1.51. The molecular weight excluding hydrogens is 238 g/mol. The monoisotopic (exact) mass is 259 g/mol. The van der Waals surface area contributed by atoms with E-state index < -0.39 is 0 Å². The quantitative estimate of drug-likeness (QED) is 0.810. The highest BCUT2D eigenvalue weighted by Gasteiger charge is 2.45. The lowest BCUT2D eigenvalue weighted by molar-refractivity contribution is 0.0664. The van der Waals surface area contributed by atoms with Crippen LogP contribution in [0.5, 0.6) is 0 Å². The first-order chi connectivity index (χ1) is 9.30. The fourth-order valence-corrected chi connectivity index (χ4v) is 3.57. The fraction of sp³-hybridized carbons (Fsp3) is 0.562. The average molecular weight is 259 g/mol. The zero-order valence-corrected chi connectivity index (χ0v) is 11.3. The Morgan fingerprint density at radius 1 is 1.11 bits per heavy atom. The highest BCUT2D eigenvalue weighted by Crippen LogP contribution is 2.43. The van der Waals surface area contributed by atoms with Gasteiger partial charge in [0.15, 0.2) is 0 Å². The van der Waals surface area contributed by atoms with Gasteiger partial charge in [0, 0.05) is 12.1 Å². The third-order valence-electron chi connectivity index (χ3n) is 4.56. The SMILES string of the molecule is O=C(OCc1ccccc1)N1CCCC12CCCC2. The number of carbonyl (C=O) groups excluding carboxylic acids is 1. The lowest BCUT2D eigenvalue weighted by Gasteiger charge is -2.34. The van der Waals surface area contributed by atoms with Gasteiger partial charge in [-0.05, 0) is 31.2 Å². The van der Waals surface area contributed by atoms with Crippen LogP contribution in [0, 0.1) is 0 Å².